The molecule has 2 rings (SSSR count). The number of hydrogen-bond donors (Lipinski definition) is 0. The molecule has 0 aliphatic heterocycles. The topological polar surface area (TPSA) is 0 Å². The van der Waals surface area contributed by atoms with Gasteiger partial charge in [-0.25, -0.2) is 0 Å². The molecule has 0 nitrogen and oxygen atoms in total. The number of rotatable bonds is 1. The van der Waals surface area contributed by atoms with E-state index in [0.717, 1.165) is 0 Å². The van der Waals surface area contributed by atoms with Crippen LogP contribution in [0.15, 0.2) is 30.3 Å². The predicted molar refractivity (Wildman–Crippen MR) is 53.0 cm³/mol. The summed E-state index contributed by atoms with van der Waals surface area (Å²) in [5.41, 5.74) is 4.30. The summed E-state index contributed by atoms with van der Waals surface area (Å²) in [6.45, 7) is 2.13. The Hall–Kier alpha value is -1.04. The molecule has 0 saturated carbocycles. The average Bonchev–Trinajstić information content (AvgIpc) is 2.58. The van der Waals surface area contributed by atoms with Crippen LogP contribution in [0.5, 0.6) is 0 Å². The van der Waals surface area contributed by atoms with E-state index in [1.807, 2.05) is 0 Å². The number of aryl methyl sites for hydroxylation is 1. The average molecular weight is 158 g/mol. The summed E-state index contributed by atoms with van der Waals surface area (Å²) in [6, 6.07) is 8.84. The summed E-state index contributed by atoms with van der Waals surface area (Å²) < 4.78 is 0. The van der Waals surface area contributed by atoms with Gasteiger partial charge in [0.1, 0.15) is 0 Å². The number of hydrogen-bond acceptors (Lipinski definition) is 0. The highest BCUT2D eigenvalue weighted by Gasteiger charge is 2.05. The molecule has 1 aromatic carbocycles. The van der Waals surface area contributed by atoms with E-state index >= 15 is 0 Å². The Morgan fingerprint density at radius 3 is 2.42 bits per heavy atom. The Morgan fingerprint density at radius 2 is 1.83 bits per heavy atom. The standard InChI is InChI=1S/C12H14/c1-10-6-8-12(9-7-10)11-4-2-3-5-11/h4,6-9H,2-3,5H2,1H3. The molecule has 0 atom stereocenters. The first-order valence-electron chi connectivity index (χ1n) is 4.62. The largest absolute Gasteiger partial charge is 0.0807 e. The molecular weight excluding hydrogens is 144 g/mol. The quantitative estimate of drug-likeness (QED) is 0.586. The van der Waals surface area contributed by atoms with Gasteiger partial charge in [0.25, 0.3) is 0 Å². The fourth-order valence-electron chi connectivity index (χ4n) is 1.70. The van der Waals surface area contributed by atoms with Gasteiger partial charge in [0.15, 0.2) is 0 Å². The maximum Gasteiger partial charge on any atom is -0.0228 e. The molecule has 0 bridgehead atoms. The molecule has 1 aliphatic carbocycles. The van der Waals surface area contributed by atoms with Crippen molar-refractivity contribution in [2.75, 3.05) is 0 Å². The summed E-state index contributed by atoms with van der Waals surface area (Å²) in [7, 11) is 0. The Balaban J connectivity index is 2.28. The maximum absolute atomic E-state index is 2.37. The third-order valence-electron chi connectivity index (χ3n) is 2.46. The zero-order valence-corrected chi connectivity index (χ0v) is 7.51. The second-order valence-corrected chi connectivity index (χ2v) is 3.49. The van der Waals surface area contributed by atoms with Gasteiger partial charge in [0.05, 0.1) is 0 Å². The maximum atomic E-state index is 2.37. The van der Waals surface area contributed by atoms with Gasteiger partial charge in [-0.3, -0.25) is 0 Å². The molecule has 0 saturated heterocycles. The van der Waals surface area contributed by atoms with Crippen LogP contribution in [-0.4, -0.2) is 0 Å². The van der Waals surface area contributed by atoms with Crippen molar-refractivity contribution in [2.24, 2.45) is 0 Å². The smallest absolute Gasteiger partial charge is 0.0228 e. The summed E-state index contributed by atoms with van der Waals surface area (Å²) in [5, 5.41) is 0. The zero-order valence-electron chi connectivity index (χ0n) is 7.51. The minimum Gasteiger partial charge on any atom is -0.0807 e. The Bertz CT molecular complexity index is 290. The molecular formula is C12H14. The van der Waals surface area contributed by atoms with Crippen LogP contribution in [0.25, 0.3) is 5.57 Å². The van der Waals surface area contributed by atoms with Gasteiger partial charge in [0.2, 0.25) is 0 Å². The Kier molecular flexibility index (Phi) is 1.99. The van der Waals surface area contributed by atoms with Gasteiger partial charge >= 0.3 is 0 Å². The summed E-state index contributed by atoms with van der Waals surface area (Å²) in [6.07, 6.45) is 6.24. The van der Waals surface area contributed by atoms with Crippen LogP contribution in [0.3, 0.4) is 0 Å². The Morgan fingerprint density at radius 1 is 1.08 bits per heavy atom. The highest BCUT2D eigenvalue weighted by molar-refractivity contribution is 5.67. The third-order valence-corrected chi connectivity index (χ3v) is 2.46. The second kappa shape index (κ2) is 3.14. The monoisotopic (exact) mass is 158 g/mol. The summed E-state index contributed by atoms with van der Waals surface area (Å²) in [4.78, 5) is 0. The minimum atomic E-state index is 1.27. The van der Waals surface area contributed by atoms with Gasteiger partial charge in [-0.1, -0.05) is 35.9 Å². The molecule has 0 heteroatoms. The lowest BCUT2D eigenvalue weighted by atomic mass is 10.0. The lowest BCUT2D eigenvalue weighted by Crippen LogP contribution is -1.80. The minimum absolute atomic E-state index is 1.27. The van der Waals surface area contributed by atoms with Crippen molar-refractivity contribution in [1.29, 1.82) is 0 Å². The molecule has 0 N–H and O–H groups in total. The van der Waals surface area contributed by atoms with Crippen LogP contribution in [0.2, 0.25) is 0 Å². The molecule has 0 unspecified atom stereocenters. The molecule has 0 fully saturated rings. The lowest BCUT2D eigenvalue weighted by molar-refractivity contribution is 0.935. The molecule has 62 valence electrons. The summed E-state index contributed by atoms with van der Waals surface area (Å²) >= 11 is 0. The highest BCUT2D eigenvalue weighted by Crippen LogP contribution is 2.27. The van der Waals surface area contributed by atoms with Gasteiger partial charge < -0.3 is 0 Å². The van der Waals surface area contributed by atoms with Crippen molar-refractivity contribution in [2.45, 2.75) is 26.2 Å². The lowest BCUT2D eigenvalue weighted by Gasteiger charge is -2.01. The van der Waals surface area contributed by atoms with Gasteiger partial charge in [-0.2, -0.15) is 0 Å². The predicted octanol–water partition coefficient (Wildman–Crippen LogP) is 3.56. The van der Waals surface area contributed by atoms with E-state index in [1.165, 1.54) is 36.0 Å². The van der Waals surface area contributed by atoms with Gasteiger partial charge in [-0.05, 0) is 37.3 Å². The van der Waals surface area contributed by atoms with Crippen LogP contribution in [0, 0.1) is 6.92 Å². The molecule has 0 spiro atoms. The molecule has 0 radical (unpaired) electrons. The molecule has 0 amide bonds. The normalized spacial score (nSPS) is 16.2. The first-order chi connectivity index (χ1) is 5.86. The highest BCUT2D eigenvalue weighted by atomic mass is 14.1. The first-order valence-corrected chi connectivity index (χ1v) is 4.62. The van der Waals surface area contributed by atoms with Gasteiger partial charge in [-0.15, -0.1) is 0 Å². The Labute approximate surface area is 73.9 Å². The summed E-state index contributed by atoms with van der Waals surface area (Å²) in [5.74, 6) is 0. The van der Waals surface area contributed by atoms with E-state index in [9.17, 15) is 0 Å². The second-order valence-electron chi connectivity index (χ2n) is 3.49. The number of allylic oxidation sites excluding steroid dienone is 2. The van der Waals surface area contributed by atoms with Crippen molar-refractivity contribution in [3.05, 3.63) is 41.5 Å². The molecule has 0 heterocycles. The third kappa shape index (κ3) is 1.42. The van der Waals surface area contributed by atoms with E-state index in [4.69, 9.17) is 0 Å². The molecule has 0 aromatic heterocycles. The van der Waals surface area contributed by atoms with Crippen molar-refractivity contribution >= 4 is 5.57 Å². The molecule has 12 heavy (non-hydrogen) atoms. The fourth-order valence-corrected chi connectivity index (χ4v) is 1.70. The van der Waals surface area contributed by atoms with Crippen molar-refractivity contribution in [3.63, 3.8) is 0 Å². The van der Waals surface area contributed by atoms with Crippen molar-refractivity contribution in [3.8, 4) is 0 Å². The van der Waals surface area contributed by atoms with Crippen LogP contribution >= 0.6 is 0 Å². The fraction of sp³-hybridized carbons (Fsp3) is 0.333. The van der Waals surface area contributed by atoms with E-state index in [2.05, 4.69) is 37.3 Å². The zero-order chi connectivity index (χ0) is 8.39. The SMILES string of the molecule is Cc1ccc(C2=CCCC2)cc1. The van der Waals surface area contributed by atoms with E-state index in [-0.39, 0.29) is 0 Å². The molecule has 1 aromatic rings. The van der Waals surface area contributed by atoms with Crippen LogP contribution < -0.4 is 0 Å². The van der Waals surface area contributed by atoms with Crippen LogP contribution in [0.1, 0.15) is 30.4 Å². The first kappa shape index (κ1) is 7.60. The van der Waals surface area contributed by atoms with E-state index in [1.54, 1.807) is 0 Å². The molecule has 1 aliphatic rings. The van der Waals surface area contributed by atoms with Crippen molar-refractivity contribution < 1.29 is 0 Å². The van der Waals surface area contributed by atoms with Crippen molar-refractivity contribution in [1.82, 2.24) is 0 Å². The van der Waals surface area contributed by atoms with Gasteiger partial charge in [0, 0.05) is 0 Å². The van der Waals surface area contributed by atoms with E-state index < -0.39 is 0 Å². The van der Waals surface area contributed by atoms with E-state index in [0.29, 0.717) is 0 Å². The number of benzene rings is 1. The van der Waals surface area contributed by atoms with Crippen LogP contribution in [0.4, 0.5) is 0 Å². The van der Waals surface area contributed by atoms with Crippen LogP contribution in [-0.2, 0) is 0 Å².